The molecule has 1 fully saturated rings. The molecular formula is C13H16ClN3O3. The first kappa shape index (κ1) is 14.7. The molecule has 0 bridgehead atoms. The van der Waals surface area contributed by atoms with Crippen molar-refractivity contribution in [3.05, 3.63) is 32.8 Å². The minimum atomic E-state index is -0.471. The first-order valence-corrected chi connectivity index (χ1v) is 6.77. The van der Waals surface area contributed by atoms with Gasteiger partial charge in [-0.15, -0.1) is 0 Å². The Hall–Kier alpha value is -1.66. The molecule has 0 aromatic heterocycles. The summed E-state index contributed by atoms with van der Waals surface area (Å²) >= 11 is 6.07. The first-order chi connectivity index (χ1) is 9.54. The maximum Gasteiger partial charge on any atom is 0.288 e. The smallest absolute Gasteiger partial charge is 0.288 e. The highest BCUT2D eigenvalue weighted by Gasteiger charge is 2.22. The van der Waals surface area contributed by atoms with Crippen molar-refractivity contribution in [3.63, 3.8) is 0 Å². The van der Waals surface area contributed by atoms with Crippen molar-refractivity contribution >= 4 is 29.3 Å². The third-order valence-corrected chi connectivity index (χ3v) is 4.06. The summed E-state index contributed by atoms with van der Waals surface area (Å²) in [6.07, 6.45) is 0.906. The van der Waals surface area contributed by atoms with E-state index in [0.29, 0.717) is 6.54 Å². The second-order valence-electron chi connectivity index (χ2n) is 4.75. The summed E-state index contributed by atoms with van der Waals surface area (Å²) in [6, 6.07) is 3.19. The van der Waals surface area contributed by atoms with E-state index in [4.69, 9.17) is 11.6 Å². The lowest BCUT2D eigenvalue weighted by molar-refractivity contribution is -0.384. The minimum Gasteiger partial charge on any atom is -0.369 e. The maximum atomic E-state index is 10.8. The minimum absolute atomic E-state index is 0.0625. The van der Waals surface area contributed by atoms with Gasteiger partial charge in [0, 0.05) is 37.9 Å². The number of halogens is 1. The topological polar surface area (TPSA) is 66.7 Å². The van der Waals surface area contributed by atoms with Crippen LogP contribution in [0, 0.1) is 17.0 Å². The fourth-order valence-corrected chi connectivity index (χ4v) is 2.65. The number of nitro benzene ring substituents is 1. The number of rotatable bonds is 4. The van der Waals surface area contributed by atoms with E-state index in [9.17, 15) is 14.9 Å². The number of nitro groups is 1. The zero-order valence-electron chi connectivity index (χ0n) is 11.2. The SMILES string of the molecule is Cc1c(N2CCN(CC=O)CC2)ccc([N+](=O)[O-])c1Cl. The second-order valence-corrected chi connectivity index (χ2v) is 5.13. The molecule has 6 nitrogen and oxygen atoms in total. The van der Waals surface area contributed by atoms with Gasteiger partial charge in [0.25, 0.3) is 5.69 Å². The normalized spacial score (nSPS) is 16.2. The van der Waals surface area contributed by atoms with Crippen LogP contribution < -0.4 is 4.90 Å². The van der Waals surface area contributed by atoms with Crippen LogP contribution in [0.2, 0.25) is 5.02 Å². The van der Waals surface area contributed by atoms with Crippen molar-refractivity contribution in [3.8, 4) is 0 Å². The molecule has 0 atom stereocenters. The summed E-state index contributed by atoms with van der Waals surface area (Å²) in [6.45, 7) is 5.40. The lowest BCUT2D eigenvalue weighted by Crippen LogP contribution is -2.47. The summed E-state index contributed by atoms with van der Waals surface area (Å²) in [5.74, 6) is 0. The summed E-state index contributed by atoms with van der Waals surface area (Å²) in [4.78, 5) is 25.1. The van der Waals surface area contributed by atoms with Crippen LogP contribution in [-0.4, -0.2) is 48.8 Å². The van der Waals surface area contributed by atoms with Gasteiger partial charge in [0.1, 0.15) is 11.3 Å². The van der Waals surface area contributed by atoms with Crippen molar-refractivity contribution in [1.82, 2.24) is 4.90 Å². The third kappa shape index (κ3) is 2.91. The number of anilines is 1. The molecule has 1 saturated heterocycles. The molecule has 1 heterocycles. The Morgan fingerprint density at radius 1 is 1.35 bits per heavy atom. The number of hydrogen-bond acceptors (Lipinski definition) is 5. The standard InChI is InChI=1S/C13H16ClN3O3/c1-10-11(2-3-12(13(10)14)17(19)20)16-6-4-15(5-7-16)8-9-18/h2-3,9H,4-8H2,1H3. The maximum absolute atomic E-state index is 10.8. The highest BCUT2D eigenvalue weighted by Crippen LogP contribution is 2.34. The van der Waals surface area contributed by atoms with E-state index < -0.39 is 4.92 Å². The van der Waals surface area contributed by atoms with Gasteiger partial charge in [-0.2, -0.15) is 0 Å². The number of nitrogens with zero attached hydrogens (tertiary/aromatic N) is 3. The molecule has 0 saturated carbocycles. The molecular weight excluding hydrogens is 282 g/mol. The number of hydrogen-bond donors (Lipinski definition) is 0. The highest BCUT2D eigenvalue weighted by molar-refractivity contribution is 6.33. The monoisotopic (exact) mass is 297 g/mol. The van der Waals surface area contributed by atoms with Gasteiger partial charge in [-0.1, -0.05) is 11.6 Å². The van der Waals surface area contributed by atoms with E-state index in [1.54, 1.807) is 13.0 Å². The van der Waals surface area contributed by atoms with E-state index >= 15 is 0 Å². The van der Waals surface area contributed by atoms with Gasteiger partial charge in [-0.25, -0.2) is 0 Å². The highest BCUT2D eigenvalue weighted by atomic mass is 35.5. The zero-order chi connectivity index (χ0) is 14.7. The molecule has 1 aliphatic rings. The molecule has 0 spiro atoms. The van der Waals surface area contributed by atoms with Crippen LogP contribution in [0.25, 0.3) is 0 Å². The van der Waals surface area contributed by atoms with E-state index in [-0.39, 0.29) is 10.7 Å². The molecule has 0 aliphatic carbocycles. The van der Waals surface area contributed by atoms with Crippen molar-refractivity contribution in [2.24, 2.45) is 0 Å². The Morgan fingerprint density at radius 2 is 2.00 bits per heavy atom. The van der Waals surface area contributed by atoms with Gasteiger partial charge < -0.3 is 9.69 Å². The molecule has 0 amide bonds. The average Bonchev–Trinajstić information content (AvgIpc) is 2.43. The number of carbonyl (C=O) groups is 1. The van der Waals surface area contributed by atoms with Crippen molar-refractivity contribution in [2.45, 2.75) is 6.92 Å². The molecule has 108 valence electrons. The van der Waals surface area contributed by atoms with Crippen molar-refractivity contribution in [2.75, 3.05) is 37.6 Å². The summed E-state index contributed by atoms with van der Waals surface area (Å²) in [5, 5.41) is 11.0. The van der Waals surface area contributed by atoms with E-state index in [1.165, 1.54) is 6.07 Å². The molecule has 20 heavy (non-hydrogen) atoms. The van der Waals surface area contributed by atoms with Gasteiger partial charge in [0.2, 0.25) is 0 Å². The van der Waals surface area contributed by atoms with Crippen LogP contribution in [0.1, 0.15) is 5.56 Å². The molecule has 0 radical (unpaired) electrons. The molecule has 7 heteroatoms. The summed E-state index contributed by atoms with van der Waals surface area (Å²) < 4.78 is 0. The molecule has 0 N–H and O–H groups in total. The van der Waals surface area contributed by atoms with Crippen molar-refractivity contribution in [1.29, 1.82) is 0 Å². The fourth-order valence-electron chi connectivity index (χ4n) is 2.42. The molecule has 2 rings (SSSR count). The average molecular weight is 298 g/mol. The number of carbonyl (C=O) groups excluding carboxylic acids is 1. The fraction of sp³-hybridized carbons (Fsp3) is 0.462. The molecule has 1 aliphatic heterocycles. The van der Waals surface area contributed by atoms with Crippen LogP contribution >= 0.6 is 11.6 Å². The lowest BCUT2D eigenvalue weighted by Gasteiger charge is -2.36. The van der Waals surface area contributed by atoms with E-state index in [0.717, 1.165) is 43.7 Å². The Labute approximate surface area is 122 Å². The van der Waals surface area contributed by atoms with Crippen LogP contribution in [0.15, 0.2) is 12.1 Å². The number of benzene rings is 1. The van der Waals surface area contributed by atoms with Crippen LogP contribution in [-0.2, 0) is 4.79 Å². The summed E-state index contributed by atoms with van der Waals surface area (Å²) in [5.41, 5.74) is 1.59. The summed E-state index contributed by atoms with van der Waals surface area (Å²) in [7, 11) is 0. The first-order valence-electron chi connectivity index (χ1n) is 6.39. The van der Waals surface area contributed by atoms with Gasteiger partial charge in [0.05, 0.1) is 11.5 Å². The van der Waals surface area contributed by atoms with E-state index in [1.807, 2.05) is 0 Å². The van der Waals surface area contributed by atoms with Crippen LogP contribution in [0.3, 0.4) is 0 Å². The second kappa shape index (κ2) is 6.19. The zero-order valence-corrected chi connectivity index (χ0v) is 12.0. The van der Waals surface area contributed by atoms with Gasteiger partial charge in [-0.3, -0.25) is 15.0 Å². The Kier molecular flexibility index (Phi) is 4.57. The van der Waals surface area contributed by atoms with Gasteiger partial charge in [0.15, 0.2) is 0 Å². The van der Waals surface area contributed by atoms with Gasteiger partial charge >= 0.3 is 0 Å². The van der Waals surface area contributed by atoms with Crippen LogP contribution in [0.4, 0.5) is 11.4 Å². The Morgan fingerprint density at radius 3 is 2.55 bits per heavy atom. The number of aldehydes is 1. The quantitative estimate of drug-likeness (QED) is 0.482. The predicted molar refractivity (Wildman–Crippen MR) is 77.6 cm³/mol. The van der Waals surface area contributed by atoms with Crippen LogP contribution in [0.5, 0.6) is 0 Å². The number of piperazine rings is 1. The largest absolute Gasteiger partial charge is 0.369 e. The predicted octanol–water partition coefficient (Wildman–Crippen LogP) is 1.88. The Bertz CT molecular complexity index is 528. The molecule has 1 aromatic rings. The molecule has 0 unspecified atom stereocenters. The van der Waals surface area contributed by atoms with E-state index in [2.05, 4.69) is 9.80 Å². The van der Waals surface area contributed by atoms with Gasteiger partial charge in [-0.05, 0) is 18.6 Å². The molecule has 1 aromatic carbocycles. The lowest BCUT2D eigenvalue weighted by atomic mass is 10.1. The van der Waals surface area contributed by atoms with Crippen molar-refractivity contribution < 1.29 is 9.72 Å². The Balaban J connectivity index is 2.17. The third-order valence-electron chi connectivity index (χ3n) is 3.58.